The van der Waals surface area contributed by atoms with Crippen LogP contribution in [0.3, 0.4) is 0 Å². The molecule has 2 unspecified atom stereocenters. The molecule has 0 spiro atoms. The number of carbonyl (C=O) groups excluding carboxylic acids is 2. The van der Waals surface area contributed by atoms with E-state index in [1.165, 1.54) is 4.90 Å². The summed E-state index contributed by atoms with van der Waals surface area (Å²) in [7, 11) is 0. The average molecular weight is 282 g/mol. The van der Waals surface area contributed by atoms with E-state index in [1.54, 1.807) is 6.92 Å². The van der Waals surface area contributed by atoms with Gasteiger partial charge in [0.15, 0.2) is 0 Å². The highest BCUT2D eigenvalue weighted by molar-refractivity contribution is 6.30. The van der Waals surface area contributed by atoms with Crippen molar-refractivity contribution in [2.75, 3.05) is 6.61 Å². The third kappa shape index (κ3) is 3.26. The van der Waals surface area contributed by atoms with Crippen LogP contribution in [-0.4, -0.2) is 34.8 Å². The van der Waals surface area contributed by atoms with Gasteiger partial charge in [-0.05, 0) is 12.5 Å². The maximum atomic E-state index is 12.2. The fraction of sp³-hybridized carbons (Fsp3) is 0.429. The Morgan fingerprint density at radius 2 is 2.16 bits per heavy atom. The Labute approximate surface area is 117 Å². The molecule has 1 aromatic carbocycles. The fourth-order valence-corrected chi connectivity index (χ4v) is 2.24. The number of ether oxygens (including phenoxy) is 1. The maximum absolute atomic E-state index is 12.2. The molecule has 1 aliphatic rings. The zero-order chi connectivity index (χ0) is 13.8. The van der Waals surface area contributed by atoms with Gasteiger partial charge in [-0.25, -0.2) is 4.79 Å². The van der Waals surface area contributed by atoms with Crippen molar-refractivity contribution < 1.29 is 14.3 Å². The van der Waals surface area contributed by atoms with Crippen LogP contribution < -0.4 is 0 Å². The predicted octanol–water partition coefficient (Wildman–Crippen LogP) is 1.96. The van der Waals surface area contributed by atoms with Crippen LogP contribution in [0.25, 0.3) is 0 Å². The summed E-state index contributed by atoms with van der Waals surface area (Å²) in [5.74, 6) is -0.587. The van der Waals surface area contributed by atoms with Crippen LogP contribution in [0.4, 0.5) is 0 Å². The summed E-state index contributed by atoms with van der Waals surface area (Å²) in [5, 5.41) is -0.655. The van der Waals surface area contributed by atoms with Gasteiger partial charge in [0.25, 0.3) is 0 Å². The Morgan fingerprint density at radius 1 is 1.47 bits per heavy atom. The van der Waals surface area contributed by atoms with Crippen molar-refractivity contribution in [2.45, 2.75) is 31.3 Å². The summed E-state index contributed by atoms with van der Waals surface area (Å²) in [6.07, 6.45) is 0.529. The van der Waals surface area contributed by atoms with Crippen LogP contribution in [0.1, 0.15) is 18.9 Å². The molecule has 19 heavy (non-hydrogen) atoms. The number of alkyl halides is 1. The molecule has 1 saturated heterocycles. The maximum Gasteiger partial charge on any atom is 0.329 e. The Kier molecular flexibility index (Phi) is 4.43. The second kappa shape index (κ2) is 6.06. The van der Waals surface area contributed by atoms with Gasteiger partial charge in [0, 0.05) is 13.0 Å². The van der Waals surface area contributed by atoms with E-state index in [9.17, 15) is 9.59 Å². The minimum atomic E-state index is -0.655. The van der Waals surface area contributed by atoms with Crippen LogP contribution in [0.15, 0.2) is 30.3 Å². The van der Waals surface area contributed by atoms with Crippen LogP contribution >= 0.6 is 11.6 Å². The second-order valence-electron chi connectivity index (χ2n) is 4.54. The number of esters is 1. The lowest BCUT2D eigenvalue weighted by atomic mass is 10.1. The van der Waals surface area contributed by atoms with Gasteiger partial charge in [-0.3, -0.25) is 4.79 Å². The highest BCUT2D eigenvalue weighted by Crippen LogP contribution is 2.19. The summed E-state index contributed by atoms with van der Waals surface area (Å²) in [4.78, 5) is 25.4. The topological polar surface area (TPSA) is 46.6 Å². The molecular weight excluding hydrogens is 266 g/mol. The Balaban J connectivity index is 2.19. The average Bonchev–Trinajstić information content (AvgIpc) is 2.82. The lowest BCUT2D eigenvalue weighted by Gasteiger charge is -2.27. The van der Waals surface area contributed by atoms with Gasteiger partial charge in [0.05, 0.1) is 6.61 Å². The first-order chi connectivity index (χ1) is 9.09. The number of rotatable bonds is 4. The number of hydrogen-bond acceptors (Lipinski definition) is 3. The largest absolute Gasteiger partial charge is 0.464 e. The fourth-order valence-electron chi connectivity index (χ4n) is 2.12. The lowest BCUT2D eigenvalue weighted by molar-refractivity contribution is -0.148. The molecule has 2 atom stereocenters. The standard InChI is InChI=1S/C14H16ClNO3/c1-10(15)13(17)16(12-7-8-19-14(12)18)9-11-5-3-2-4-6-11/h2-6,10,12H,7-9H2,1H3. The molecule has 0 aromatic heterocycles. The molecule has 0 aliphatic carbocycles. The van der Waals surface area contributed by atoms with Crippen molar-refractivity contribution in [1.29, 1.82) is 0 Å². The number of cyclic esters (lactones) is 1. The van der Waals surface area contributed by atoms with Crippen molar-refractivity contribution in [2.24, 2.45) is 0 Å². The third-order valence-corrected chi connectivity index (χ3v) is 3.29. The number of hydrogen-bond donors (Lipinski definition) is 0. The monoisotopic (exact) mass is 281 g/mol. The molecule has 0 N–H and O–H groups in total. The summed E-state index contributed by atoms with van der Waals surface area (Å²) in [5.41, 5.74) is 0.966. The van der Waals surface area contributed by atoms with Crippen molar-refractivity contribution in [3.05, 3.63) is 35.9 Å². The van der Waals surface area contributed by atoms with Gasteiger partial charge in [-0.2, -0.15) is 0 Å². The van der Waals surface area contributed by atoms with Crippen LogP contribution in [0.5, 0.6) is 0 Å². The number of carbonyl (C=O) groups is 2. The molecule has 0 bridgehead atoms. The molecule has 102 valence electrons. The first kappa shape index (κ1) is 13.9. The first-order valence-corrected chi connectivity index (χ1v) is 6.68. The molecule has 1 fully saturated rings. The van der Waals surface area contributed by atoms with E-state index in [1.807, 2.05) is 30.3 Å². The van der Waals surface area contributed by atoms with Gasteiger partial charge >= 0.3 is 5.97 Å². The lowest BCUT2D eigenvalue weighted by Crippen LogP contribution is -2.45. The molecule has 4 nitrogen and oxygen atoms in total. The highest BCUT2D eigenvalue weighted by Gasteiger charge is 2.36. The normalized spacial score (nSPS) is 19.9. The van der Waals surface area contributed by atoms with Crippen molar-refractivity contribution in [1.82, 2.24) is 4.90 Å². The quantitative estimate of drug-likeness (QED) is 0.626. The number of nitrogens with zero attached hydrogens (tertiary/aromatic N) is 1. The Bertz CT molecular complexity index is 461. The van der Waals surface area contributed by atoms with Gasteiger partial charge < -0.3 is 9.64 Å². The van der Waals surface area contributed by atoms with E-state index in [2.05, 4.69) is 0 Å². The smallest absolute Gasteiger partial charge is 0.329 e. The minimum absolute atomic E-state index is 0.241. The van der Waals surface area contributed by atoms with Crippen molar-refractivity contribution in [3.8, 4) is 0 Å². The van der Waals surface area contributed by atoms with Gasteiger partial charge in [-0.15, -0.1) is 11.6 Å². The van der Waals surface area contributed by atoms with E-state index < -0.39 is 11.4 Å². The summed E-state index contributed by atoms with van der Waals surface area (Å²) < 4.78 is 4.94. The first-order valence-electron chi connectivity index (χ1n) is 6.24. The molecule has 1 amide bonds. The zero-order valence-corrected chi connectivity index (χ0v) is 11.5. The van der Waals surface area contributed by atoms with Gasteiger partial charge in [0.2, 0.25) is 5.91 Å². The number of halogens is 1. The molecule has 5 heteroatoms. The number of benzene rings is 1. The van der Waals surface area contributed by atoms with E-state index in [0.717, 1.165) is 5.56 Å². The van der Waals surface area contributed by atoms with E-state index in [0.29, 0.717) is 19.6 Å². The van der Waals surface area contributed by atoms with Crippen molar-refractivity contribution >= 4 is 23.5 Å². The third-order valence-electron chi connectivity index (χ3n) is 3.10. The molecule has 1 aromatic rings. The van der Waals surface area contributed by atoms with Crippen molar-refractivity contribution in [3.63, 3.8) is 0 Å². The van der Waals surface area contributed by atoms with Crippen LogP contribution in [0.2, 0.25) is 0 Å². The summed E-state index contributed by atoms with van der Waals surface area (Å²) >= 11 is 5.87. The molecule has 0 radical (unpaired) electrons. The van der Waals surface area contributed by atoms with Crippen LogP contribution in [-0.2, 0) is 20.9 Å². The number of amides is 1. The van der Waals surface area contributed by atoms with E-state index in [4.69, 9.17) is 16.3 Å². The van der Waals surface area contributed by atoms with E-state index >= 15 is 0 Å². The summed E-state index contributed by atoms with van der Waals surface area (Å²) in [6, 6.07) is 9.01. The Morgan fingerprint density at radius 3 is 2.68 bits per heavy atom. The molecule has 1 heterocycles. The SMILES string of the molecule is CC(Cl)C(=O)N(Cc1ccccc1)C1CCOC1=O. The highest BCUT2D eigenvalue weighted by atomic mass is 35.5. The zero-order valence-electron chi connectivity index (χ0n) is 10.7. The minimum Gasteiger partial charge on any atom is -0.464 e. The summed E-state index contributed by atoms with van der Waals surface area (Å²) in [6.45, 7) is 2.34. The second-order valence-corrected chi connectivity index (χ2v) is 5.19. The molecule has 1 aliphatic heterocycles. The molecule has 2 rings (SSSR count). The van der Waals surface area contributed by atoms with Crippen LogP contribution in [0, 0.1) is 0 Å². The predicted molar refractivity (Wildman–Crippen MR) is 71.7 cm³/mol. The molecule has 0 saturated carbocycles. The Hall–Kier alpha value is -1.55. The van der Waals surface area contributed by atoms with E-state index in [-0.39, 0.29) is 11.9 Å². The van der Waals surface area contributed by atoms with Gasteiger partial charge in [0.1, 0.15) is 11.4 Å². The molecular formula is C14H16ClNO3. The van der Waals surface area contributed by atoms with Gasteiger partial charge in [-0.1, -0.05) is 30.3 Å².